The van der Waals surface area contributed by atoms with Gasteiger partial charge in [0.15, 0.2) is 5.78 Å². The fourth-order valence-corrected chi connectivity index (χ4v) is 2.84. The molecule has 1 aliphatic rings. The van der Waals surface area contributed by atoms with Crippen molar-refractivity contribution < 1.29 is 4.79 Å². The van der Waals surface area contributed by atoms with Crippen LogP contribution in [0.2, 0.25) is 0 Å². The zero-order valence-corrected chi connectivity index (χ0v) is 11.5. The molecule has 0 unspecified atom stereocenters. The van der Waals surface area contributed by atoms with Crippen molar-refractivity contribution in [2.45, 2.75) is 25.8 Å². The zero-order chi connectivity index (χ0) is 12.5. The highest BCUT2D eigenvalue weighted by atomic mass is 79.9. The number of nitrogens with zero attached hydrogens (tertiary/aromatic N) is 2. The normalized spacial score (nSPS) is 14.6. The quantitative estimate of drug-likeness (QED) is 0.854. The lowest BCUT2D eigenvalue weighted by atomic mass is 9.95. The van der Waals surface area contributed by atoms with Gasteiger partial charge < -0.3 is 4.57 Å². The van der Waals surface area contributed by atoms with Crippen molar-refractivity contribution in [1.29, 1.82) is 0 Å². The highest BCUT2D eigenvalue weighted by molar-refractivity contribution is 9.10. The van der Waals surface area contributed by atoms with E-state index >= 15 is 0 Å². The monoisotopic (exact) mass is 304 g/mol. The van der Waals surface area contributed by atoms with Crippen LogP contribution in [0, 0.1) is 0 Å². The number of ketones is 1. The van der Waals surface area contributed by atoms with Crippen LogP contribution in [0.5, 0.6) is 0 Å². The van der Waals surface area contributed by atoms with E-state index in [0.717, 1.165) is 35.0 Å². The molecule has 0 aliphatic heterocycles. The zero-order valence-electron chi connectivity index (χ0n) is 9.90. The molecule has 92 valence electrons. The minimum atomic E-state index is 0.280. The van der Waals surface area contributed by atoms with Crippen LogP contribution in [-0.4, -0.2) is 15.3 Å². The molecule has 2 heterocycles. The van der Waals surface area contributed by atoms with E-state index < -0.39 is 0 Å². The lowest BCUT2D eigenvalue weighted by molar-refractivity contribution is 0.0973. The number of fused-ring (bicyclic) bond motifs is 1. The standard InChI is InChI=1S/C14H13BrN2O/c15-12-4-10(5-16-6-12)7-17-8-11-2-1-3-14(18)13(11)9-17/h4-6,8-9H,1-3,7H2. The SMILES string of the molecule is O=C1CCCc2cn(Cc3cncc(Br)c3)cc21. The van der Waals surface area contributed by atoms with Crippen LogP contribution < -0.4 is 0 Å². The van der Waals surface area contributed by atoms with Crippen LogP contribution in [0.1, 0.15) is 34.3 Å². The number of hydrogen-bond donors (Lipinski definition) is 0. The Morgan fingerprint density at radius 2 is 2.17 bits per heavy atom. The third-order valence-electron chi connectivity index (χ3n) is 3.24. The Balaban J connectivity index is 1.88. The molecule has 0 aromatic carbocycles. The van der Waals surface area contributed by atoms with E-state index in [-0.39, 0.29) is 5.78 Å². The number of rotatable bonds is 2. The fraction of sp³-hybridized carbons (Fsp3) is 0.286. The van der Waals surface area contributed by atoms with E-state index in [2.05, 4.69) is 31.7 Å². The molecular formula is C14H13BrN2O. The minimum Gasteiger partial charge on any atom is -0.349 e. The number of pyridine rings is 1. The predicted molar refractivity (Wildman–Crippen MR) is 72.7 cm³/mol. The molecule has 4 heteroatoms. The molecule has 0 saturated carbocycles. The number of carbonyl (C=O) groups is 1. The molecule has 1 aliphatic carbocycles. The van der Waals surface area contributed by atoms with Crippen LogP contribution in [0.25, 0.3) is 0 Å². The first-order valence-corrected chi connectivity index (χ1v) is 6.83. The first-order valence-electron chi connectivity index (χ1n) is 6.03. The molecule has 0 radical (unpaired) electrons. The van der Waals surface area contributed by atoms with Crippen molar-refractivity contribution in [1.82, 2.24) is 9.55 Å². The van der Waals surface area contributed by atoms with Gasteiger partial charge in [-0.25, -0.2) is 0 Å². The molecule has 3 rings (SSSR count). The van der Waals surface area contributed by atoms with Crippen LogP contribution in [0.15, 0.2) is 35.3 Å². The van der Waals surface area contributed by atoms with Crippen molar-refractivity contribution in [2.24, 2.45) is 0 Å². The van der Waals surface area contributed by atoms with Gasteiger partial charge in [-0.2, -0.15) is 0 Å². The van der Waals surface area contributed by atoms with E-state index in [1.807, 2.05) is 18.5 Å². The molecule has 0 bridgehead atoms. The highest BCUT2D eigenvalue weighted by Crippen LogP contribution is 2.22. The summed E-state index contributed by atoms with van der Waals surface area (Å²) in [5.74, 6) is 0.280. The van der Waals surface area contributed by atoms with Crippen molar-refractivity contribution in [2.75, 3.05) is 0 Å². The van der Waals surface area contributed by atoms with Crippen molar-refractivity contribution in [3.63, 3.8) is 0 Å². The maximum Gasteiger partial charge on any atom is 0.164 e. The smallest absolute Gasteiger partial charge is 0.164 e. The van der Waals surface area contributed by atoms with Crippen molar-refractivity contribution in [3.05, 3.63) is 52.0 Å². The summed E-state index contributed by atoms with van der Waals surface area (Å²) in [6, 6.07) is 2.05. The summed E-state index contributed by atoms with van der Waals surface area (Å²) in [6.07, 6.45) is 10.4. The van der Waals surface area contributed by atoms with Gasteiger partial charge in [-0.1, -0.05) is 0 Å². The average Bonchev–Trinajstić information content (AvgIpc) is 2.73. The van der Waals surface area contributed by atoms with E-state index in [4.69, 9.17) is 0 Å². The molecule has 18 heavy (non-hydrogen) atoms. The second-order valence-corrected chi connectivity index (χ2v) is 5.57. The van der Waals surface area contributed by atoms with Gasteiger partial charge in [-0.15, -0.1) is 0 Å². The molecule has 0 N–H and O–H groups in total. The van der Waals surface area contributed by atoms with Crippen LogP contribution in [0.4, 0.5) is 0 Å². The molecule has 0 amide bonds. The number of hydrogen-bond acceptors (Lipinski definition) is 2. The first-order chi connectivity index (χ1) is 8.72. The third kappa shape index (κ3) is 2.25. The average molecular weight is 305 g/mol. The molecular weight excluding hydrogens is 292 g/mol. The maximum absolute atomic E-state index is 11.8. The van der Waals surface area contributed by atoms with E-state index in [0.29, 0.717) is 6.42 Å². The maximum atomic E-state index is 11.8. The molecule has 3 nitrogen and oxygen atoms in total. The Hall–Kier alpha value is -1.42. The molecule has 0 atom stereocenters. The predicted octanol–water partition coefficient (Wildman–Crippen LogP) is 3.21. The van der Waals surface area contributed by atoms with Gasteiger partial charge >= 0.3 is 0 Å². The Labute approximate surface area is 114 Å². The Morgan fingerprint density at radius 3 is 2.94 bits per heavy atom. The molecule has 0 saturated heterocycles. The lowest BCUT2D eigenvalue weighted by Crippen LogP contribution is -2.07. The summed E-state index contributed by atoms with van der Waals surface area (Å²) < 4.78 is 3.06. The Bertz CT molecular complexity index is 604. The molecule has 0 fully saturated rings. The van der Waals surface area contributed by atoms with Gasteiger partial charge in [-0.3, -0.25) is 9.78 Å². The topological polar surface area (TPSA) is 34.9 Å². The second-order valence-electron chi connectivity index (χ2n) is 4.66. The minimum absolute atomic E-state index is 0.280. The second kappa shape index (κ2) is 4.69. The number of aromatic nitrogens is 2. The van der Waals surface area contributed by atoms with Gasteiger partial charge in [0.05, 0.1) is 0 Å². The number of carbonyl (C=O) groups excluding carboxylic acids is 1. The lowest BCUT2D eigenvalue weighted by Gasteiger charge is -2.07. The van der Waals surface area contributed by atoms with E-state index in [1.54, 1.807) is 6.20 Å². The van der Waals surface area contributed by atoms with Crippen LogP contribution >= 0.6 is 15.9 Å². The van der Waals surface area contributed by atoms with Gasteiger partial charge in [-0.05, 0) is 46.0 Å². The van der Waals surface area contributed by atoms with Gasteiger partial charge in [0.25, 0.3) is 0 Å². The highest BCUT2D eigenvalue weighted by Gasteiger charge is 2.18. The molecule has 2 aromatic heterocycles. The number of Topliss-reactive ketones (excluding diaryl/α,β-unsaturated/α-hetero) is 1. The Morgan fingerprint density at radius 1 is 1.28 bits per heavy atom. The van der Waals surface area contributed by atoms with E-state index in [1.165, 1.54) is 5.56 Å². The fourth-order valence-electron chi connectivity index (χ4n) is 2.42. The van der Waals surface area contributed by atoms with Crippen molar-refractivity contribution in [3.8, 4) is 0 Å². The number of aryl methyl sites for hydroxylation is 1. The van der Waals surface area contributed by atoms with E-state index in [9.17, 15) is 4.79 Å². The van der Waals surface area contributed by atoms with Gasteiger partial charge in [0.1, 0.15) is 0 Å². The molecule has 2 aromatic rings. The summed E-state index contributed by atoms with van der Waals surface area (Å²) in [4.78, 5) is 15.9. The summed E-state index contributed by atoms with van der Waals surface area (Å²) in [5.41, 5.74) is 3.22. The summed E-state index contributed by atoms with van der Waals surface area (Å²) in [7, 11) is 0. The van der Waals surface area contributed by atoms with Gasteiger partial charge in [0, 0.05) is 47.8 Å². The third-order valence-corrected chi connectivity index (χ3v) is 3.67. The first kappa shape index (κ1) is 11.7. The van der Waals surface area contributed by atoms with Crippen molar-refractivity contribution >= 4 is 21.7 Å². The molecule has 0 spiro atoms. The summed E-state index contributed by atoms with van der Waals surface area (Å²) >= 11 is 3.42. The summed E-state index contributed by atoms with van der Waals surface area (Å²) in [5, 5.41) is 0. The van der Waals surface area contributed by atoms with Crippen LogP contribution in [0.3, 0.4) is 0 Å². The van der Waals surface area contributed by atoms with Crippen LogP contribution in [-0.2, 0) is 13.0 Å². The number of halogens is 1. The largest absolute Gasteiger partial charge is 0.349 e. The summed E-state index contributed by atoms with van der Waals surface area (Å²) in [6.45, 7) is 0.757. The van der Waals surface area contributed by atoms with Gasteiger partial charge in [0.2, 0.25) is 0 Å². The Kier molecular flexibility index (Phi) is 3.04.